The Morgan fingerprint density at radius 1 is 1.32 bits per heavy atom. The second-order valence-electron chi connectivity index (χ2n) is 7.50. The Morgan fingerprint density at radius 3 is 2.81 bits per heavy atom. The third-order valence-electron chi connectivity index (χ3n) is 5.44. The van der Waals surface area contributed by atoms with Gasteiger partial charge < -0.3 is 21.0 Å². The number of halogens is 3. The molecule has 10 heteroatoms. The minimum Gasteiger partial charge on any atom is -0.596 e. The number of hydrogen-bond donors (Lipinski definition) is 2. The first-order valence-corrected chi connectivity index (χ1v) is 10.7. The van der Waals surface area contributed by atoms with Gasteiger partial charge in [0.05, 0.1) is 22.8 Å². The summed E-state index contributed by atoms with van der Waals surface area (Å²) in [6.07, 6.45) is 5.98. The van der Waals surface area contributed by atoms with Crippen molar-refractivity contribution >= 4 is 29.0 Å². The smallest absolute Gasteiger partial charge is 0.217 e. The van der Waals surface area contributed by atoms with Crippen molar-refractivity contribution in [3.05, 3.63) is 63.4 Å². The van der Waals surface area contributed by atoms with E-state index in [0.29, 0.717) is 16.7 Å². The van der Waals surface area contributed by atoms with Gasteiger partial charge in [-0.25, -0.2) is 9.37 Å². The summed E-state index contributed by atoms with van der Waals surface area (Å²) in [6.45, 7) is 3.45. The summed E-state index contributed by atoms with van der Waals surface area (Å²) in [5.41, 5.74) is 7.68. The average molecular weight is 466 g/mol. The van der Waals surface area contributed by atoms with Crippen molar-refractivity contribution in [2.75, 3.05) is 18.8 Å². The van der Waals surface area contributed by atoms with Gasteiger partial charge in [0, 0.05) is 22.3 Å². The molecule has 31 heavy (non-hydrogen) atoms. The van der Waals surface area contributed by atoms with Gasteiger partial charge in [0.15, 0.2) is 11.6 Å². The van der Waals surface area contributed by atoms with Gasteiger partial charge in [-0.1, -0.05) is 28.0 Å². The number of nitrogens with one attached hydrogen (secondary N) is 1. The number of hydrogen-bond acceptors (Lipinski definition) is 5. The molecule has 1 aliphatic rings. The maximum Gasteiger partial charge on any atom is 0.217 e. The number of piperidine rings is 1. The molecule has 164 valence electrons. The number of anilines is 1. The van der Waals surface area contributed by atoms with Crippen LogP contribution in [0.2, 0.25) is 10.0 Å². The van der Waals surface area contributed by atoms with Crippen molar-refractivity contribution in [2.45, 2.75) is 31.9 Å². The van der Waals surface area contributed by atoms with Gasteiger partial charge >= 0.3 is 0 Å². The summed E-state index contributed by atoms with van der Waals surface area (Å²) in [5, 5.41) is 15.9. The Balaban J connectivity index is 1.62. The maximum atomic E-state index is 13.9. The molecule has 0 unspecified atom stereocenters. The molecular formula is C21H22Cl2FN5O2. The fraction of sp³-hybridized carbons (Fsp3) is 0.333. The quantitative estimate of drug-likeness (QED) is 0.333. The normalized spacial score (nSPS) is 15.7. The van der Waals surface area contributed by atoms with E-state index in [1.54, 1.807) is 23.9 Å². The predicted octanol–water partition coefficient (Wildman–Crippen LogP) is 4.28. The predicted molar refractivity (Wildman–Crippen MR) is 118 cm³/mol. The van der Waals surface area contributed by atoms with Crippen LogP contribution in [0, 0.1) is 11.0 Å². The molecule has 0 aliphatic carbocycles. The first-order chi connectivity index (χ1) is 14.8. The van der Waals surface area contributed by atoms with Crippen LogP contribution >= 0.6 is 23.2 Å². The average Bonchev–Trinajstić information content (AvgIpc) is 3.15. The van der Waals surface area contributed by atoms with Crippen LogP contribution in [-0.4, -0.2) is 22.8 Å². The topological polar surface area (TPSA) is 92.0 Å². The molecule has 1 atom stereocenters. The second kappa shape index (κ2) is 8.90. The summed E-state index contributed by atoms with van der Waals surface area (Å²) >= 11 is 12.3. The molecule has 0 amide bonds. The molecule has 0 saturated carbocycles. The summed E-state index contributed by atoms with van der Waals surface area (Å²) < 4.78 is 21.5. The number of nitrogens with zero attached hydrogens (tertiary/aromatic N) is 3. The standard InChI is InChI=1S/C21H22Cl2FN5O2/c1-12(19-16(22)2-3-17(24)20(19)23)31-18-8-13(9-27-21(18)25)14-10-28(29(30)11-14)15-4-6-26-7-5-15/h2-3,8-12,15,26H,4-7H2,1H3,(H2,25,27)/t12-/m0/s1. The van der Waals surface area contributed by atoms with Crippen LogP contribution in [0.15, 0.2) is 36.8 Å². The van der Waals surface area contributed by atoms with E-state index >= 15 is 0 Å². The highest BCUT2D eigenvalue weighted by molar-refractivity contribution is 6.36. The van der Waals surface area contributed by atoms with Crippen LogP contribution in [0.4, 0.5) is 10.2 Å². The Kier molecular flexibility index (Phi) is 6.22. The van der Waals surface area contributed by atoms with Crippen LogP contribution < -0.4 is 20.6 Å². The third kappa shape index (κ3) is 4.42. The zero-order chi connectivity index (χ0) is 22.1. The Bertz CT molecular complexity index is 1100. The zero-order valence-corrected chi connectivity index (χ0v) is 18.3. The molecule has 1 fully saturated rings. The molecule has 1 saturated heterocycles. The monoisotopic (exact) mass is 465 g/mol. The zero-order valence-electron chi connectivity index (χ0n) is 16.8. The van der Waals surface area contributed by atoms with Gasteiger partial charge in [-0.2, -0.15) is 0 Å². The van der Waals surface area contributed by atoms with Crippen molar-refractivity contribution in [3.63, 3.8) is 0 Å². The number of ether oxygens (including phenoxy) is 1. The summed E-state index contributed by atoms with van der Waals surface area (Å²) in [4.78, 5) is 5.04. The van der Waals surface area contributed by atoms with E-state index in [4.69, 9.17) is 33.7 Å². The van der Waals surface area contributed by atoms with E-state index < -0.39 is 11.9 Å². The number of rotatable bonds is 5. The van der Waals surface area contributed by atoms with E-state index in [0.717, 1.165) is 30.8 Å². The molecule has 7 nitrogen and oxygen atoms in total. The second-order valence-corrected chi connectivity index (χ2v) is 8.29. The number of benzene rings is 1. The molecule has 3 heterocycles. The Hall–Kier alpha value is -2.55. The van der Waals surface area contributed by atoms with E-state index in [-0.39, 0.29) is 27.7 Å². The first kappa shape index (κ1) is 21.7. The molecule has 1 aromatic carbocycles. The molecule has 4 rings (SSSR count). The van der Waals surface area contributed by atoms with Crippen LogP contribution in [0.25, 0.3) is 11.1 Å². The fourth-order valence-corrected chi connectivity index (χ4v) is 4.46. The number of pyridine rings is 1. The van der Waals surface area contributed by atoms with E-state index in [1.165, 1.54) is 18.3 Å². The van der Waals surface area contributed by atoms with Crippen LogP contribution in [0.3, 0.4) is 0 Å². The van der Waals surface area contributed by atoms with Gasteiger partial charge in [0.25, 0.3) is 0 Å². The maximum absolute atomic E-state index is 13.9. The molecule has 2 aromatic heterocycles. The van der Waals surface area contributed by atoms with Gasteiger partial charge in [-0.15, -0.1) is 4.68 Å². The lowest BCUT2D eigenvalue weighted by atomic mass is 10.1. The lowest BCUT2D eigenvalue weighted by Crippen LogP contribution is -2.42. The van der Waals surface area contributed by atoms with Crippen LogP contribution in [0.1, 0.15) is 37.5 Å². The van der Waals surface area contributed by atoms with Crippen molar-refractivity contribution in [1.82, 2.24) is 15.0 Å². The van der Waals surface area contributed by atoms with Crippen LogP contribution in [-0.2, 0) is 0 Å². The molecule has 3 aromatic rings. The van der Waals surface area contributed by atoms with Crippen molar-refractivity contribution < 1.29 is 14.0 Å². The largest absolute Gasteiger partial charge is 0.596 e. The molecule has 1 aliphatic heterocycles. The van der Waals surface area contributed by atoms with E-state index in [9.17, 15) is 9.60 Å². The Morgan fingerprint density at radius 2 is 2.06 bits per heavy atom. The molecular weight excluding hydrogens is 444 g/mol. The highest BCUT2D eigenvalue weighted by Crippen LogP contribution is 2.37. The van der Waals surface area contributed by atoms with E-state index in [1.807, 2.05) is 6.20 Å². The molecule has 0 radical (unpaired) electrons. The van der Waals surface area contributed by atoms with E-state index in [2.05, 4.69) is 10.3 Å². The van der Waals surface area contributed by atoms with Gasteiger partial charge in [-0.05, 0) is 51.1 Å². The minimum absolute atomic E-state index is 0.103. The number of nitrogens with two attached hydrogens (primary N) is 1. The van der Waals surface area contributed by atoms with Crippen molar-refractivity contribution in [3.8, 4) is 16.9 Å². The van der Waals surface area contributed by atoms with Gasteiger partial charge in [-0.3, -0.25) is 0 Å². The third-order valence-corrected chi connectivity index (χ3v) is 6.15. The molecule has 3 N–H and O–H groups in total. The van der Waals surface area contributed by atoms with Gasteiger partial charge in [0.1, 0.15) is 11.9 Å². The van der Waals surface area contributed by atoms with Gasteiger partial charge in [0.2, 0.25) is 6.20 Å². The van der Waals surface area contributed by atoms with Crippen LogP contribution in [0.5, 0.6) is 5.75 Å². The summed E-state index contributed by atoms with van der Waals surface area (Å²) in [5.74, 6) is -0.142. The Labute approximate surface area is 189 Å². The van der Waals surface area contributed by atoms with Crippen molar-refractivity contribution in [2.24, 2.45) is 0 Å². The lowest BCUT2D eigenvalue weighted by Gasteiger charge is -2.21. The minimum atomic E-state index is -0.682. The fourth-order valence-electron chi connectivity index (χ4n) is 3.78. The van der Waals surface area contributed by atoms with Crippen molar-refractivity contribution in [1.29, 1.82) is 0 Å². The summed E-state index contributed by atoms with van der Waals surface area (Å²) in [6, 6.07) is 4.46. The highest BCUT2D eigenvalue weighted by atomic mass is 35.5. The lowest BCUT2D eigenvalue weighted by molar-refractivity contribution is -0.697. The highest BCUT2D eigenvalue weighted by Gasteiger charge is 2.23. The SMILES string of the molecule is C[C@H](Oc1cc(-c2cn(C3CCNCC3)[n+]([O-])c2)cnc1N)c1c(Cl)ccc(F)c1Cl. The summed E-state index contributed by atoms with van der Waals surface area (Å²) in [7, 11) is 0. The number of aromatic nitrogens is 3. The first-order valence-electron chi connectivity index (χ1n) is 9.93. The number of nitrogen functional groups attached to an aromatic ring is 1. The molecule has 0 bridgehead atoms. The molecule has 0 spiro atoms.